The van der Waals surface area contributed by atoms with E-state index < -0.39 is 48.4 Å². The summed E-state index contributed by atoms with van der Waals surface area (Å²) < 4.78 is 0. The molecule has 0 bridgehead atoms. The zero-order valence-electron chi connectivity index (χ0n) is 34.2. The largest absolute Gasteiger partial charge is 0.391 e. The number of carbonyl (C=O) groups is 4. The van der Waals surface area contributed by atoms with Gasteiger partial charge in [-0.2, -0.15) is 0 Å². The lowest BCUT2D eigenvalue weighted by atomic mass is 10.0. The van der Waals surface area contributed by atoms with Crippen LogP contribution in [-0.2, 0) is 9.59 Å². The average Bonchev–Trinajstić information content (AvgIpc) is 4.14. The van der Waals surface area contributed by atoms with E-state index in [4.69, 9.17) is 0 Å². The number of nitrogens with one attached hydrogen (secondary N) is 6. The van der Waals surface area contributed by atoms with Crippen molar-refractivity contribution < 1.29 is 29.4 Å². The molecule has 2 unspecified atom stereocenters. The first-order valence-electron chi connectivity index (χ1n) is 20.4. The fourth-order valence-electron chi connectivity index (χ4n) is 8.23. The summed E-state index contributed by atoms with van der Waals surface area (Å²) in [5, 5.41) is 31.9. The molecule has 8 N–H and O–H groups in total. The number of aliphatic hydroxyl groups is 2. The van der Waals surface area contributed by atoms with Crippen LogP contribution >= 0.6 is 0 Å². The number of aromatic amines is 2. The van der Waals surface area contributed by atoms with Crippen molar-refractivity contribution in [3.8, 4) is 33.6 Å². The second-order valence-corrected chi connectivity index (χ2v) is 15.4. The van der Waals surface area contributed by atoms with Crippen LogP contribution in [0.4, 0.5) is 9.59 Å². The van der Waals surface area contributed by atoms with Crippen LogP contribution in [0.3, 0.4) is 0 Å². The number of H-pyrrole nitrogens is 2. The SMILES string of the molecule is CNC(=O)N[C@@H](C(=O)N1C[C@H](O)CC1c1ncc(-c2ccc(-c3ccc(-c4cnc(C5C[C@@H](O)CN5C(=O)[C@H](NC(=O)NC)c5ccccc5)[nH]4)cc3)cc2)[nH]1)c1ccccc1. The molecular formula is C46H48N10O6. The summed E-state index contributed by atoms with van der Waals surface area (Å²) in [6.07, 6.45) is 2.51. The van der Waals surface area contributed by atoms with Gasteiger partial charge in [-0.25, -0.2) is 19.6 Å². The molecule has 8 rings (SSSR count). The first-order valence-corrected chi connectivity index (χ1v) is 20.4. The van der Waals surface area contributed by atoms with Crippen LogP contribution in [0.15, 0.2) is 122 Å². The molecule has 62 heavy (non-hydrogen) atoms. The zero-order chi connectivity index (χ0) is 43.3. The van der Waals surface area contributed by atoms with Crippen molar-refractivity contribution in [1.29, 1.82) is 0 Å². The molecule has 0 saturated carbocycles. The Morgan fingerprint density at radius 1 is 0.565 bits per heavy atom. The minimum absolute atomic E-state index is 0.104. The molecule has 6 aromatic rings. The lowest BCUT2D eigenvalue weighted by Crippen LogP contribution is -2.45. The van der Waals surface area contributed by atoms with E-state index in [0.717, 1.165) is 33.6 Å². The van der Waals surface area contributed by atoms with Gasteiger partial charge < -0.3 is 51.2 Å². The quantitative estimate of drug-likeness (QED) is 0.0909. The molecule has 0 radical (unpaired) electrons. The Bertz CT molecular complexity index is 2340. The number of nitrogens with zero attached hydrogens (tertiary/aromatic N) is 4. The molecule has 2 saturated heterocycles. The maximum absolute atomic E-state index is 14.0. The summed E-state index contributed by atoms with van der Waals surface area (Å²) in [6, 6.07) is 30.1. The lowest BCUT2D eigenvalue weighted by molar-refractivity contribution is -0.135. The second kappa shape index (κ2) is 18.1. The van der Waals surface area contributed by atoms with Gasteiger partial charge in [-0.05, 0) is 33.4 Å². The average molecular weight is 837 g/mol. The number of imidazole rings is 2. The molecular weight excluding hydrogens is 789 g/mol. The molecule has 4 heterocycles. The zero-order valence-corrected chi connectivity index (χ0v) is 34.2. The highest BCUT2D eigenvalue weighted by Crippen LogP contribution is 2.36. The minimum atomic E-state index is -0.952. The van der Waals surface area contributed by atoms with Gasteiger partial charge in [0, 0.05) is 40.0 Å². The number of β-amino-alcohol motifs (C(OH)–C–C–N with tert-alkyl or cyclic N) is 2. The van der Waals surface area contributed by atoms with Gasteiger partial charge in [-0.15, -0.1) is 0 Å². The molecule has 0 spiro atoms. The summed E-state index contributed by atoms with van der Waals surface area (Å²) in [4.78, 5) is 71.8. The van der Waals surface area contributed by atoms with Crippen LogP contribution in [0, 0.1) is 0 Å². The monoisotopic (exact) mass is 836 g/mol. The fraction of sp³-hybridized carbons (Fsp3) is 0.261. The van der Waals surface area contributed by atoms with Crippen LogP contribution in [0.5, 0.6) is 0 Å². The van der Waals surface area contributed by atoms with Gasteiger partial charge in [-0.1, -0.05) is 109 Å². The summed E-state index contributed by atoms with van der Waals surface area (Å²) >= 11 is 0. The third-order valence-electron chi connectivity index (χ3n) is 11.4. The number of urea groups is 2. The van der Waals surface area contributed by atoms with Crippen LogP contribution in [0.1, 0.15) is 59.8 Å². The van der Waals surface area contributed by atoms with Gasteiger partial charge in [0.25, 0.3) is 11.8 Å². The molecule has 2 aliphatic heterocycles. The van der Waals surface area contributed by atoms with Gasteiger partial charge in [-0.3, -0.25) is 9.59 Å². The molecule has 16 heteroatoms. The Kier molecular flexibility index (Phi) is 12.1. The van der Waals surface area contributed by atoms with Crippen LogP contribution < -0.4 is 21.3 Å². The van der Waals surface area contributed by atoms with E-state index in [9.17, 15) is 29.4 Å². The number of rotatable bonds is 11. The topological polar surface area (TPSA) is 221 Å². The van der Waals surface area contributed by atoms with E-state index in [1.807, 2.05) is 60.7 Å². The Hall–Kier alpha value is -7.30. The van der Waals surface area contributed by atoms with Crippen molar-refractivity contribution in [3.05, 3.63) is 144 Å². The van der Waals surface area contributed by atoms with Crippen molar-refractivity contribution in [2.45, 2.75) is 49.2 Å². The van der Waals surface area contributed by atoms with E-state index in [-0.39, 0.29) is 24.9 Å². The molecule has 2 aliphatic rings. The van der Waals surface area contributed by atoms with Gasteiger partial charge in [0.1, 0.15) is 23.7 Å². The van der Waals surface area contributed by atoms with Gasteiger partial charge in [0.2, 0.25) is 0 Å². The number of aromatic nitrogens is 4. The minimum Gasteiger partial charge on any atom is -0.391 e. The molecule has 318 valence electrons. The summed E-state index contributed by atoms with van der Waals surface area (Å²) in [5.74, 6) is 0.382. The van der Waals surface area contributed by atoms with Crippen LogP contribution in [0.25, 0.3) is 33.6 Å². The first-order chi connectivity index (χ1) is 30.1. The first kappa shape index (κ1) is 41.4. The summed E-state index contributed by atoms with van der Waals surface area (Å²) in [6.45, 7) is 0.207. The van der Waals surface area contributed by atoms with Crippen molar-refractivity contribution in [2.24, 2.45) is 0 Å². The van der Waals surface area contributed by atoms with Crippen LogP contribution in [-0.4, -0.2) is 103 Å². The third-order valence-corrected chi connectivity index (χ3v) is 11.4. The normalized spacial score (nSPS) is 19.4. The standard InChI is InChI=1S/C46H48N10O6/c1-47-45(61)53-39(31-9-5-3-6-10-31)43(59)55-25-33(57)21-37(55)41-49-23-35(51-41)29-17-13-27(14-18-29)28-15-19-30(20-16-28)36-24-50-42(52-36)38-22-34(58)26-56(38)44(60)40(54-46(62)48-2)32-11-7-4-8-12-32/h3-20,23-24,33-34,37-40,57-58H,21-22,25-26H2,1-2H3,(H,49,51)(H,50,52)(H2,47,53,61)(H2,48,54,62)/t33-,34-,37?,38?,39-,40-/m1/s1. The van der Waals surface area contributed by atoms with Gasteiger partial charge >= 0.3 is 12.1 Å². The highest BCUT2D eigenvalue weighted by molar-refractivity contribution is 5.89. The molecule has 2 aromatic heterocycles. The summed E-state index contributed by atoms with van der Waals surface area (Å²) in [7, 11) is 2.97. The molecule has 2 fully saturated rings. The lowest BCUT2D eigenvalue weighted by Gasteiger charge is -2.28. The number of carbonyl (C=O) groups excluding carboxylic acids is 4. The Labute approximate surface area is 357 Å². The van der Waals surface area contributed by atoms with Crippen molar-refractivity contribution in [2.75, 3.05) is 27.2 Å². The van der Waals surface area contributed by atoms with Crippen molar-refractivity contribution >= 4 is 23.9 Å². The fourth-order valence-corrected chi connectivity index (χ4v) is 8.23. The van der Waals surface area contributed by atoms with Gasteiger partial charge in [0.05, 0.1) is 48.1 Å². The number of aliphatic hydroxyl groups excluding tert-OH is 2. The number of amides is 6. The maximum Gasteiger partial charge on any atom is 0.315 e. The predicted molar refractivity (Wildman–Crippen MR) is 231 cm³/mol. The molecule has 0 aliphatic carbocycles. The van der Waals surface area contributed by atoms with Gasteiger partial charge in [0.15, 0.2) is 0 Å². The third kappa shape index (κ3) is 8.77. The highest BCUT2D eigenvalue weighted by atomic mass is 16.3. The second-order valence-electron chi connectivity index (χ2n) is 15.4. The van der Waals surface area contributed by atoms with E-state index in [2.05, 4.69) is 41.2 Å². The number of hydrogen-bond acceptors (Lipinski definition) is 8. The van der Waals surface area contributed by atoms with E-state index >= 15 is 0 Å². The van der Waals surface area contributed by atoms with E-state index in [1.165, 1.54) is 14.1 Å². The summed E-state index contributed by atoms with van der Waals surface area (Å²) in [5.41, 5.74) is 6.51. The predicted octanol–water partition coefficient (Wildman–Crippen LogP) is 4.74. The Morgan fingerprint density at radius 2 is 0.919 bits per heavy atom. The molecule has 6 atom stereocenters. The van der Waals surface area contributed by atoms with Crippen molar-refractivity contribution in [3.63, 3.8) is 0 Å². The molecule has 6 amide bonds. The number of hydrogen-bond donors (Lipinski definition) is 8. The Balaban J connectivity index is 0.944. The smallest absolute Gasteiger partial charge is 0.315 e. The highest BCUT2D eigenvalue weighted by Gasteiger charge is 2.42. The van der Waals surface area contributed by atoms with E-state index in [0.29, 0.717) is 35.6 Å². The maximum atomic E-state index is 14.0. The molecule has 16 nitrogen and oxygen atoms in total. The van der Waals surface area contributed by atoms with Crippen molar-refractivity contribution in [1.82, 2.24) is 51.0 Å². The molecule has 4 aromatic carbocycles. The van der Waals surface area contributed by atoms with E-state index in [1.54, 1.807) is 70.7 Å². The number of benzene rings is 4. The van der Waals surface area contributed by atoms with Crippen LogP contribution in [0.2, 0.25) is 0 Å². The Morgan fingerprint density at radius 3 is 1.27 bits per heavy atom. The number of likely N-dealkylation sites (tertiary alicyclic amines) is 2.